The fraction of sp³-hybridized carbons (Fsp3) is 0.231. The molecule has 11 heteroatoms. The first-order chi connectivity index (χ1) is 17.5. The predicted octanol–water partition coefficient (Wildman–Crippen LogP) is 6.45. The van der Waals surface area contributed by atoms with Crippen LogP contribution in [0.3, 0.4) is 0 Å². The van der Waals surface area contributed by atoms with Gasteiger partial charge in [-0.3, -0.25) is 19.3 Å². The molecule has 7 nitrogen and oxygen atoms in total. The van der Waals surface area contributed by atoms with Crippen LogP contribution in [0.5, 0.6) is 0 Å². The number of hydrogen-bond donors (Lipinski definition) is 1. The Labute approximate surface area is 268 Å². The minimum atomic E-state index is -1.14. The van der Waals surface area contributed by atoms with Gasteiger partial charge in [0.1, 0.15) is 6.04 Å². The standard InChI is InChI=1S/C26H20I4N2O5/c1-12(2)10-16(32-24(34)18-19(25(32)35)21(28)23(30)22(29)20(18)27)26(36)37-11-17(33)31-15-9-5-7-13-6-3-4-8-14(13)15/h3-9,12,16H,10-11H2,1-2H3,(H,31,33). The Bertz CT molecular complexity index is 1400. The van der Waals surface area contributed by atoms with Crippen LogP contribution in [0.25, 0.3) is 10.8 Å². The molecule has 1 aliphatic rings. The van der Waals surface area contributed by atoms with Crippen LogP contribution >= 0.6 is 90.4 Å². The molecule has 0 spiro atoms. The van der Waals surface area contributed by atoms with E-state index in [2.05, 4.69) is 95.7 Å². The minimum Gasteiger partial charge on any atom is -0.454 e. The monoisotopic (exact) mass is 948 g/mol. The van der Waals surface area contributed by atoms with Gasteiger partial charge in [0, 0.05) is 25.4 Å². The number of nitrogens with one attached hydrogen (secondary N) is 1. The quantitative estimate of drug-likeness (QED) is 0.0968. The maximum Gasteiger partial charge on any atom is 0.329 e. The predicted molar refractivity (Wildman–Crippen MR) is 175 cm³/mol. The number of ether oxygens (including phenoxy) is 1. The molecule has 1 unspecified atom stereocenters. The van der Waals surface area contributed by atoms with Crippen molar-refractivity contribution in [3.05, 3.63) is 67.9 Å². The molecule has 0 saturated carbocycles. The lowest BCUT2D eigenvalue weighted by Crippen LogP contribution is -2.47. The fourth-order valence-electron chi connectivity index (χ4n) is 4.16. The highest BCUT2D eigenvalue weighted by Crippen LogP contribution is 2.39. The third-order valence-corrected chi connectivity index (χ3v) is 13.2. The molecule has 37 heavy (non-hydrogen) atoms. The van der Waals surface area contributed by atoms with Crippen LogP contribution < -0.4 is 5.32 Å². The summed E-state index contributed by atoms with van der Waals surface area (Å²) >= 11 is 8.46. The summed E-state index contributed by atoms with van der Waals surface area (Å²) in [6.45, 7) is 3.25. The highest BCUT2D eigenvalue weighted by molar-refractivity contribution is 14.1. The van der Waals surface area contributed by atoms with Crippen LogP contribution in [0.15, 0.2) is 42.5 Å². The fourth-order valence-corrected chi connectivity index (χ4v) is 7.81. The molecule has 4 rings (SSSR count). The number of halogens is 4. The van der Waals surface area contributed by atoms with E-state index >= 15 is 0 Å². The normalized spacial score (nSPS) is 13.8. The molecule has 3 aromatic rings. The second-order valence-corrected chi connectivity index (χ2v) is 13.1. The number of imide groups is 1. The number of esters is 1. The lowest BCUT2D eigenvalue weighted by Gasteiger charge is -2.26. The average Bonchev–Trinajstić information content (AvgIpc) is 3.13. The maximum atomic E-state index is 13.5. The first-order valence-electron chi connectivity index (χ1n) is 11.2. The molecule has 0 aromatic heterocycles. The van der Waals surface area contributed by atoms with Crippen molar-refractivity contribution in [2.75, 3.05) is 11.9 Å². The van der Waals surface area contributed by atoms with Gasteiger partial charge in [0.05, 0.1) is 11.1 Å². The van der Waals surface area contributed by atoms with E-state index < -0.39 is 36.3 Å². The number of amides is 3. The van der Waals surface area contributed by atoms with Crippen LogP contribution in [0.4, 0.5) is 5.69 Å². The molecule has 0 fully saturated rings. The van der Waals surface area contributed by atoms with E-state index in [1.807, 2.05) is 50.2 Å². The zero-order valence-electron chi connectivity index (χ0n) is 19.6. The van der Waals surface area contributed by atoms with Crippen molar-refractivity contribution >= 4 is 131 Å². The van der Waals surface area contributed by atoms with Gasteiger partial charge in [0.25, 0.3) is 17.7 Å². The number of fused-ring (bicyclic) bond motifs is 2. The Hall–Kier alpha value is -1.08. The van der Waals surface area contributed by atoms with Crippen LogP contribution in [-0.2, 0) is 14.3 Å². The van der Waals surface area contributed by atoms with Gasteiger partial charge in [0.15, 0.2) is 6.61 Å². The van der Waals surface area contributed by atoms with E-state index in [1.165, 1.54) is 0 Å². The Balaban J connectivity index is 1.54. The zero-order valence-corrected chi connectivity index (χ0v) is 28.2. The van der Waals surface area contributed by atoms with Crippen LogP contribution in [0, 0.1) is 20.2 Å². The summed E-state index contributed by atoms with van der Waals surface area (Å²) < 4.78 is 8.51. The number of anilines is 1. The lowest BCUT2D eigenvalue weighted by molar-refractivity contribution is -0.151. The molecule has 1 N–H and O–H groups in total. The summed E-state index contributed by atoms with van der Waals surface area (Å²) in [5.74, 6) is -2.34. The summed E-state index contributed by atoms with van der Waals surface area (Å²) in [4.78, 5) is 53.8. The molecule has 1 heterocycles. The van der Waals surface area contributed by atoms with Crippen molar-refractivity contribution in [2.24, 2.45) is 5.92 Å². The van der Waals surface area contributed by atoms with Gasteiger partial charge in [-0.25, -0.2) is 4.79 Å². The molecule has 192 valence electrons. The van der Waals surface area contributed by atoms with Gasteiger partial charge < -0.3 is 10.1 Å². The topological polar surface area (TPSA) is 92.8 Å². The molecule has 3 aromatic carbocycles. The lowest BCUT2D eigenvalue weighted by atomic mass is 10.0. The summed E-state index contributed by atoms with van der Waals surface area (Å²) in [6, 6.07) is 12.0. The molecule has 0 bridgehead atoms. The van der Waals surface area contributed by atoms with Gasteiger partial charge in [-0.1, -0.05) is 50.2 Å². The SMILES string of the molecule is CC(C)CC(C(=O)OCC(=O)Nc1cccc2ccccc12)N1C(=O)c2c(I)c(I)c(I)c(I)c2C1=O. The van der Waals surface area contributed by atoms with E-state index in [9.17, 15) is 19.2 Å². The Kier molecular flexibility index (Phi) is 9.36. The highest BCUT2D eigenvalue weighted by atomic mass is 127. The van der Waals surface area contributed by atoms with Gasteiger partial charge in [-0.15, -0.1) is 0 Å². The zero-order chi connectivity index (χ0) is 27.0. The summed E-state index contributed by atoms with van der Waals surface area (Å²) in [6.07, 6.45) is 0.219. The third-order valence-electron chi connectivity index (χ3n) is 5.82. The van der Waals surface area contributed by atoms with E-state index in [4.69, 9.17) is 4.74 Å². The van der Waals surface area contributed by atoms with E-state index in [1.54, 1.807) is 6.07 Å². The van der Waals surface area contributed by atoms with Gasteiger partial charge in [-0.05, 0) is 114 Å². The number of hydrogen-bond acceptors (Lipinski definition) is 5. The number of carbonyl (C=O) groups is 4. The number of rotatable bonds is 7. The van der Waals surface area contributed by atoms with Gasteiger partial charge >= 0.3 is 5.97 Å². The Morgan fingerprint density at radius 1 is 0.865 bits per heavy atom. The third kappa shape index (κ3) is 5.78. The summed E-state index contributed by atoms with van der Waals surface area (Å²) in [7, 11) is 0. The Morgan fingerprint density at radius 2 is 1.43 bits per heavy atom. The van der Waals surface area contributed by atoms with Crippen molar-refractivity contribution in [1.82, 2.24) is 4.90 Å². The number of nitrogens with zero attached hydrogens (tertiary/aromatic N) is 1. The van der Waals surface area contributed by atoms with E-state index in [0.717, 1.165) is 22.8 Å². The molecular formula is C26H20I4N2O5. The van der Waals surface area contributed by atoms with Crippen molar-refractivity contribution in [1.29, 1.82) is 0 Å². The van der Waals surface area contributed by atoms with Crippen molar-refractivity contribution in [2.45, 2.75) is 26.3 Å². The molecular weight excluding hydrogens is 928 g/mol. The average molecular weight is 948 g/mol. The first kappa shape index (κ1) is 28.9. The largest absolute Gasteiger partial charge is 0.454 e. The van der Waals surface area contributed by atoms with Gasteiger partial charge in [-0.2, -0.15) is 0 Å². The van der Waals surface area contributed by atoms with Crippen molar-refractivity contribution < 1.29 is 23.9 Å². The molecule has 1 aliphatic heterocycles. The molecule has 0 aliphatic carbocycles. The van der Waals surface area contributed by atoms with Crippen LogP contribution in [0.1, 0.15) is 41.0 Å². The van der Waals surface area contributed by atoms with E-state index in [-0.39, 0.29) is 12.3 Å². The molecule has 3 amide bonds. The molecule has 0 radical (unpaired) electrons. The highest BCUT2D eigenvalue weighted by Gasteiger charge is 2.47. The summed E-state index contributed by atoms with van der Waals surface area (Å²) in [5.41, 5.74) is 1.23. The minimum absolute atomic E-state index is 0.00946. The van der Waals surface area contributed by atoms with E-state index in [0.29, 0.717) is 24.0 Å². The molecule has 0 saturated heterocycles. The van der Waals surface area contributed by atoms with Crippen molar-refractivity contribution in [3.8, 4) is 0 Å². The number of benzene rings is 3. The Morgan fingerprint density at radius 3 is 2.03 bits per heavy atom. The van der Waals surface area contributed by atoms with Gasteiger partial charge in [0.2, 0.25) is 0 Å². The first-order valence-corrected chi connectivity index (χ1v) is 15.5. The van der Waals surface area contributed by atoms with Crippen molar-refractivity contribution in [3.63, 3.8) is 0 Å². The molecule has 1 atom stereocenters. The smallest absolute Gasteiger partial charge is 0.329 e. The maximum absolute atomic E-state index is 13.5. The second-order valence-electron chi connectivity index (χ2n) is 8.81. The summed E-state index contributed by atoms with van der Waals surface area (Å²) in [5, 5.41) is 4.61. The number of carbonyl (C=O) groups excluding carboxylic acids is 4. The van der Waals surface area contributed by atoms with Crippen LogP contribution in [0.2, 0.25) is 0 Å². The second kappa shape index (κ2) is 12.0. The van der Waals surface area contributed by atoms with Crippen LogP contribution in [-0.4, -0.2) is 41.2 Å².